The molecule has 1 nitrogen and oxygen atoms in total. The molecule has 2 rings (SSSR count). The summed E-state index contributed by atoms with van der Waals surface area (Å²) < 4.78 is 2.04. The van der Waals surface area contributed by atoms with Crippen LogP contribution in [0.3, 0.4) is 0 Å². The van der Waals surface area contributed by atoms with Gasteiger partial charge in [-0.3, -0.25) is 0 Å². The van der Waals surface area contributed by atoms with Crippen LogP contribution in [0.4, 0.5) is 0 Å². The normalized spacial score (nSPS) is 12.7. The SMILES string of the molecule is CNC(c1cc(C)c(Cl)s1)c1cc(Cl)ccc1I. The number of benzene rings is 1. The monoisotopic (exact) mass is 411 g/mol. The highest BCUT2D eigenvalue weighted by Crippen LogP contribution is 2.36. The molecular formula is C13H12Cl2INS. The summed E-state index contributed by atoms with van der Waals surface area (Å²) in [6, 6.07) is 8.21. The second-order valence-corrected chi connectivity index (χ2v) is 7.28. The van der Waals surface area contributed by atoms with Crippen molar-refractivity contribution in [3.63, 3.8) is 0 Å². The van der Waals surface area contributed by atoms with E-state index in [0.29, 0.717) is 0 Å². The van der Waals surface area contributed by atoms with E-state index in [1.165, 1.54) is 14.0 Å². The van der Waals surface area contributed by atoms with Gasteiger partial charge in [-0.2, -0.15) is 0 Å². The summed E-state index contributed by atoms with van der Waals surface area (Å²) in [6.45, 7) is 2.03. The van der Waals surface area contributed by atoms with Crippen LogP contribution in [-0.2, 0) is 0 Å². The molecule has 5 heteroatoms. The average Bonchev–Trinajstić information content (AvgIpc) is 2.65. The maximum Gasteiger partial charge on any atom is 0.0961 e. The minimum absolute atomic E-state index is 0.131. The molecule has 1 heterocycles. The second-order valence-electron chi connectivity index (χ2n) is 3.99. The highest BCUT2D eigenvalue weighted by Gasteiger charge is 2.18. The Kier molecular flexibility index (Phi) is 4.94. The number of nitrogens with one attached hydrogen (secondary N) is 1. The molecule has 96 valence electrons. The van der Waals surface area contributed by atoms with Crippen LogP contribution in [0.2, 0.25) is 9.36 Å². The van der Waals surface area contributed by atoms with Crippen molar-refractivity contribution in [3.8, 4) is 0 Å². The van der Waals surface area contributed by atoms with Crippen molar-refractivity contribution in [2.45, 2.75) is 13.0 Å². The summed E-state index contributed by atoms with van der Waals surface area (Å²) >= 11 is 16.2. The summed E-state index contributed by atoms with van der Waals surface area (Å²) in [6.07, 6.45) is 0. The van der Waals surface area contributed by atoms with Gasteiger partial charge < -0.3 is 5.32 Å². The highest BCUT2D eigenvalue weighted by molar-refractivity contribution is 14.1. The molecule has 0 aliphatic carbocycles. The molecule has 0 amide bonds. The zero-order valence-electron chi connectivity index (χ0n) is 9.93. The van der Waals surface area contributed by atoms with Crippen molar-refractivity contribution in [2.75, 3.05) is 7.05 Å². The number of rotatable bonds is 3. The molecule has 0 saturated carbocycles. The van der Waals surface area contributed by atoms with Crippen molar-refractivity contribution in [1.82, 2.24) is 5.32 Å². The topological polar surface area (TPSA) is 12.0 Å². The van der Waals surface area contributed by atoms with Crippen LogP contribution in [0.1, 0.15) is 22.0 Å². The first kappa shape index (κ1) is 14.6. The number of hydrogen-bond acceptors (Lipinski definition) is 2. The standard InChI is InChI=1S/C13H12Cl2INS/c1-7-5-11(18-13(7)15)12(17-2)9-6-8(14)3-4-10(9)16/h3-6,12,17H,1-2H3. The lowest BCUT2D eigenvalue weighted by molar-refractivity contribution is 0.700. The van der Waals surface area contributed by atoms with E-state index in [4.69, 9.17) is 23.2 Å². The minimum atomic E-state index is 0.131. The van der Waals surface area contributed by atoms with Crippen molar-refractivity contribution in [3.05, 3.63) is 53.2 Å². The lowest BCUT2D eigenvalue weighted by atomic mass is 10.1. The van der Waals surface area contributed by atoms with E-state index in [1.807, 2.05) is 32.2 Å². The third-order valence-electron chi connectivity index (χ3n) is 2.72. The molecule has 2 aromatic rings. The Morgan fingerprint density at radius 1 is 1.28 bits per heavy atom. The van der Waals surface area contributed by atoms with Crippen LogP contribution < -0.4 is 5.32 Å². The van der Waals surface area contributed by atoms with Gasteiger partial charge in [0.2, 0.25) is 0 Å². The van der Waals surface area contributed by atoms with Crippen molar-refractivity contribution in [1.29, 1.82) is 0 Å². The summed E-state index contributed by atoms with van der Waals surface area (Å²) in [7, 11) is 1.95. The van der Waals surface area contributed by atoms with Crippen LogP contribution in [0.25, 0.3) is 0 Å². The smallest absolute Gasteiger partial charge is 0.0961 e. The summed E-state index contributed by atoms with van der Waals surface area (Å²) in [5.41, 5.74) is 2.30. The van der Waals surface area contributed by atoms with Gasteiger partial charge >= 0.3 is 0 Å². The molecule has 1 N–H and O–H groups in total. The number of hydrogen-bond donors (Lipinski definition) is 1. The van der Waals surface area contributed by atoms with Crippen LogP contribution in [0.15, 0.2) is 24.3 Å². The maximum atomic E-state index is 6.15. The van der Waals surface area contributed by atoms with Crippen LogP contribution in [0.5, 0.6) is 0 Å². The molecule has 1 atom stereocenters. The Labute approximate surface area is 135 Å². The number of halogens is 3. The van der Waals surface area contributed by atoms with E-state index in [-0.39, 0.29) is 6.04 Å². The first-order valence-electron chi connectivity index (χ1n) is 5.41. The van der Waals surface area contributed by atoms with Gasteiger partial charge in [0, 0.05) is 13.5 Å². The molecule has 0 saturated heterocycles. The zero-order chi connectivity index (χ0) is 13.3. The van der Waals surface area contributed by atoms with Gasteiger partial charge in [-0.25, -0.2) is 0 Å². The summed E-state index contributed by atoms with van der Waals surface area (Å²) in [5, 5.41) is 4.09. The summed E-state index contributed by atoms with van der Waals surface area (Å²) in [4.78, 5) is 1.21. The van der Waals surface area contributed by atoms with Crippen molar-refractivity contribution in [2.24, 2.45) is 0 Å². The van der Waals surface area contributed by atoms with Gasteiger partial charge in [0.05, 0.1) is 10.4 Å². The van der Waals surface area contributed by atoms with Crippen molar-refractivity contribution >= 4 is 57.1 Å². The fourth-order valence-electron chi connectivity index (χ4n) is 1.81. The minimum Gasteiger partial charge on any atom is -0.309 e. The Morgan fingerprint density at radius 3 is 2.56 bits per heavy atom. The fraction of sp³-hybridized carbons (Fsp3) is 0.231. The first-order chi connectivity index (χ1) is 8.52. The van der Waals surface area contributed by atoms with Gasteiger partial charge in [-0.1, -0.05) is 23.2 Å². The third kappa shape index (κ3) is 3.02. The molecule has 1 aromatic carbocycles. The average molecular weight is 412 g/mol. The Bertz CT molecular complexity index is 549. The predicted octanol–water partition coefficient (Wildman–Crippen LogP) is 5.28. The number of thiophene rings is 1. The van der Waals surface area contributed by atoms with Gasteiger partial charge in [-0.05, 0) is 72.0 Å². The van der Waals surface area contributed by atoms with E-state index < -0.39 is 0 Å². The zero-order valence-corrected chi connectivity index (χ0v) is 14.4. The van der Waals surface area contributed by atoms with Crippen LogP contribution >= 0.6 is 57.1 Å². The Hall–Kier alpha value is 0.190. The first-order valence-corrected chi connectivity index (χ1v) is 8.06. The second kappa shape index (κ2) is 6.09. The van der Waals surface area contributed by atoms with Gasteiger partial charge in [0.15, 0.2) is 0 Å². The Morgan fingerprint density at radius 2 is 2.00 bits per heavy atom. The molecule has 1 aromatic heterocycles. The molecule has 0 fully saturated rings. The van der Waals surface area contributed by atoms with Gasteiger partial charge in [0.25, 0.3) is 0 Å². The third-order valence-corrected chi connectivity index (χ3v) is 5.56. The van der Waals surface area contributed by atoms with E-state index >= 15 is 0 Å². The quantitative estimate of drug-likeness (QED) is 0.677. The lowest BCUT2D eigenvalue weighted by Crippen LogP contribution is -2.17. The molecule has 0 aliphatic heterocycles. The summed E-state index contributed by atoms with van der Waals surface area (Å²) in [5.74, 6) is 0. The number of aryl methyl sites for hydroxylation is 1. The van der Waals surface area contributed by atoms with E-state index in [2.05, 4.69) is 34.0 Å². The van der Waals surface area contributed by atoms with Crippen LogP contribution in [-0.4, -0.2) is 7.05 Å². The van der Waals surface area contributed by atoms with Gasteiger partial charge in [0.1, 0.15) is 0 Å². The predicted molar refractivity (Wildman–Crippen MR) is 89.1 cm³/mol. The lowest BCUT2D eigenvalue weighted by Gasteiger charge is -2.17. The van der Waals surface area contributed by atoms with E-state index in [9.17, 15) is 0 Å². The maximum absolute atomic E-state index is 6.15. The largest absolute Gasteiger partial charge is 0.309 e. The van der Waals surface area contributed by atoms with Gasteiger partial charge in [-0.15, -0.1) is 11.3 Å². The molecule has 0 aliphatic rings. The Balaban J connectivity index is 2.48. The van der Waals surface area contributed by atoms with Crippen molar-refractivity contribution < 1.29 is 0 Å². The highest BCUT2D eigenvalue weighted by atomic mass is 127. The van der Waals surface area contributed by atoms with Crippen LogP contribution in [0, 0.1) is 10.5 Å². The molecule has 1 unspecified atom stereocenters. The van der Waals surface area contributed by atoms with E-state index in [1.54, 1.807) is 11.3 Å². The fourth-order valence-corrected chi connectivity index (χ4v) is 3.99. The molecule has 0 bridgehead atoms. The molecule has 0 radical (unpaired) electrons. The molecule has 0 spiro atoms. The van der Waals surface area contributed by atoms with E-state index in [0.717, 1.165) is 14.9 Å². The molecular weight excluding hydrogens is 400 g/mol. The molecule has 18 heavy (non-hydrogen) atoms.